The molecule has 0 saturated carbocycles. The molecule has 4 nitrogen and oxygen atoms in total. The summed E-state index contributed by atoms with van der Waals surface area (Å²) in [4.78, 5) is 17.2. The van der Waals surface area contributed by atoms with Gasteiger partial charge in [0, 0.05) is 24.5 Å². The van der Waals surface area contributed by atoms with E-state index in [0.717, 1.165) is 35.1 Å². The average Bonchev–Trinajstić information content (AvgIpc) is 2.74. The molecule has 1 aliphatic heterocycles. The van der Waals surface area contributed by atoms with E-state index in [-0.39, 0.29) is 24.4 Å². The lowest BCUT2D eigenvalue weighted by Gasteiger charge is -2.31. The number of likely N-dealkylation sites (N-methyl/N-ethyl adjacent to an activating group) is 1. The molecule has 0 aromatic carbocycles. The summed E-state index contributed by atoms with van der Waals surface area (Å²) in [5, 5.41) is 0. The Labute approximate surface area is 135 Å². The minimum Gasteiger partial charge on any atom is -0.340 e. The topological polar surface area (TPSA) is 49.6 Å². The quantitative estimate of drug-likeness (QED) is 0.916. The molecule has 1 atom stereocenters. The maximum atomic E-state index is 12.1. The molecule has 7 heteroatoms. The molecule has 0 bridgehead atoms. The highest BCUT2D eigenvalue weighted by atomic mass is 35.5. The van der Waals surface area contributed by atoms with Crippen molar-refractivity contribution in [1.82, 2.24) is 9.80 Å². The normalized spacial score (nSPS) is 19.4. The third-order valence-corrected chi connectivity index (χ3v) is 4.56. The summed E-state index contributed by atoms with van der Waals surface area (Å²) in [6.45, 7) is 2.88. The minimum atomic E-state index is 0. The predicted molar refractivity (Wildman–Crippen MR) is 86.7 cm³/mol. The third kappa shape index (κ3) is 5.22. The number of hydrogen-bond donors (Lipinski definition) is 1. The van der Waals surface area contributed by atoms with Crippen LogP contribution in [0.15, 0.2) is 12.1 Å². The fourth-order valence-corrected chi connectivity index (χ4v) is 3.45. The zero-order chi connectivity index (χ0) is 13.8. The Bertz CT molecular complexity index is 441. The fourth-order valence-electron chi connectivity index (χ4n) is 2.31. The van der Waals surface area contributed by atoms with Crippen molar-refractivity contribution in [2.24, 2.45) is 5.73 Å². The van der Waals surface area contributed by atoms with Crippen LogP contribution < -0.4 is 5.73 Å². The first-order chi connectivity index (χ1) is 9.04. The van der Waals surface area contributed by atoms with Crippen molar-refractivity contribution < 1.29 is 4.79 Å². The van der Waals surface area contributed by atoms with Crippen molar-refractivity contribution in [3.05, 3.63) is 21.3 Å². The van der Waals surface area contributed by atoms with E-state index in [0.29, 0.717) is 13.1 Å². The monoisotopic (exact) mass is 337 g/mol. The van der Waals surface area contributed by atoms with Gasteiger partial charge in [-0.3, -0.25) is 9.69 Å². The molecular weight excluding hydrogens is 317 g/mol. The second-order valence-electron chi connectivity index (χ2n) is 5.09. The highest BCUT2D eigenvalue weighted by molar-refractivity contribution is 7.16. The first kappa shape index (κ1) is 17.7. The zero-order valence-corrected chi connectivity index (χ0v) is 13.9. The second-order valence-corrected chi connectivity index (χ2v) is 6.89. The first-order valence-electron chi connectivity index (χ1n) is 6.50. The first-order valence-corrected chi connectivity index (χ1v) is 7.70. The number of thiophene rings is 1. The lowest BCUT2D eigenvalue weighted by Crippen LogP contribution is -2.47. The van der Waals surface area contributed by atoms with E-state index in [2.05, 4.69) is 4.90 Å². The number of nitrogens with zero attached hydrogens (tertiary/aromatic N) is 2. The van der Waals surface area contributed by atoms with Crippen LogP contribution in [0.25, 0.3) is 0 Å². The average molecular weight is 338 g/mol. The number of carbonyl (C=O) groups excluding carboxylic acids is 1. The lowest BCUT2D eigenvalue weighted by atomic mass is 10.1. The number of hydrogen-bond acceptors (Lipinski definition) is 4. The minimum absolute atomic E-state index is 0. The summed E-state index contributed by atoms with van der Waals surface area (Å²) in [6, 6.07) is 4.04. The van der Waals surface area contributed by atoms with Gasteiger partial charge in [0.2, 0.25) is 5.91 Å². The highest BCUT2D eigenvalue weighted by Gasteiger charge is 2.20. The summed E-state index contributed by atoms with van der Waals surface area (Å²) < 4.78 is 0.762. The van der Waals surface area contributed by atoms with Crippen LogP contribution >= 0.6 is 35.3 Å². The number of likely N-dealkylation sites (tertiary alicyclic amines) is 1. The Balaban J connectivity index is 0.00000200. The summed E-state index contributed by atoms with van der Waals surface area (Å²) in [7, 11) is 1.83. The third-order valence-electron chi connectivity index (χ3n) is 3.35. The van der Waals surface area contributed by atoms with Crippen molar-refractivity contribution in [3.8, 4) is 0 Å². The van der Waals surface area contributed by atoms with Crippen LogP contribution in [0.3, 0.4) is 0 Å². The maximum absolute atomic E-state index is 12.1. The zero-order valence-electron chi connectivity index (χ0n) is 11.5. The van der Waals surface area contributed by atoms with Gasteiger partial charge < -0.3 is 10.6 Å². The van der Waals surface area contributed by atoms with Crippen molar-refractivity contribution in [3.63, 3.8) is 0 Å². The van der Waals surface area contributed by atoms with Crippen LogP contribution in [-0.2, 0) is 11.3 Å². The fraction of sp³-hybridized carbons (Fsp3) is 0.615. The molecule has 1 amide bonds. The molecule has 1 aliphatic rings. The Morgan fingerprint density at radius 2 is 2.35 bits per heavy atom. The van der Waals surface area contributed by atoms with E-state index in [4.69, 9.17) is 17.3 Å². The van der Waals surface area contributed by atoms with Gasteiger partial charge in [0.1, 0.15) is 0 Å². The highest BCUT2D eigenvalue weighted by Crippen LogP contribution is 2.22. The van der Waals surface area contributed by atoms with Crippen LogP contribution in [0.4, 0.5) is 0 Å². The summed E-state index contributed by atoms with van der Waals surface area (Å²) in [5.74, 6) is 0.138. The summed E-state index contributed by atoms with van der Waals surface area (Å²) >= 11 is 7.41. The second kappa shape index (κ2) is 8.20. The molecule has 0 aliphatic carbocycles. The Kier molecular flexibility index (Phi) is 7.26. The molecule has 2 N–H and O–H groups in total. The van der Waals surface area contributed by atoms with Gasteiger partial charge in [0.25, 0.3) is 0 Å². The summed E-state index contributed by atoms with van der Waals surface area (Å²) in [5.41, 5.74) is 5.92. The van der Waals surface area contributed by atoms with Gasteiger partial charge in [-0.05, 0) is 31.5 Å². The molecule has 0 radical (unpaired) electrons. The van der Waals surface area contributed by atoms with Gasteiger partial charge in [-0.2, -0.15) is 0 Å². The van der Waals surface area contributed by atoms with Gasteiger partial charge in [0.15, 0.2) is 0 Å². The Morgan fingerprint density at radius 3 is 2.95 bits per heavy atom. The molecule has 114 valence electrons. The van der Waals surface area contributed by atoms with Crippen LogP contribution in [0.5, 0.6) is 0 Å². The Morgan fingerprint density at radius 1 is 1.60 bits per heavy atom. The molecule has 1 aromatic rings. The maximum Gasteiger partial charge on any atom is 0.236 e. The number of rotatable bonds is 4. The molecule has 1 unspecified atom stereocenters. The van der Waals surface area contributed by atoms with E-state index in [1.165, 1.54) is 11.3 Å². The molecule has 1 saturated heterocycles. The number of amides is 1. The van der Waals surface area contributed by atoms with Crippen LogP contribution in [0, 0.1) is 0 Å². The van der Waals surface area contributed by atoms with Crippen molar-refractivity contribution in [2.75, 3.05) is 26.7 Å². The van der Waals surface area contributed by atoms with Crippen molar-refractivity contribution >= 4 is 41.3 Å². The van der Waals surface area contributed by atoms with Crippen LogP contribution in [-0.4, -0.2) is 48.4 Å². The van der Waals surface area contributed by atoms with Gasteiger partial charge in [-0.25, -0.2) is 0 Å². The predicted octanol–water partition coefficient (Wildman–Crippen LogP) is 2.20. The van der Waals surface area contributed by atoms with E-state index >= 15 is 0 Å². The van der Waals surface area contributed by atoms with E-state index in [1.807, 2.05) is 19.2 Å². The molecule has 20 heavy (non-hydrogen) atoms. The smallest absolute Gasteiger partial charge is 0.236 e. The van der Waals surface area contributed by atoms with E-state index < -0.39 is 0 Å². The van der Waals surface area contributed by atoms with Gasteiger partial charge in [-0.15, -0.1) is 23.7 Å². The van der Waals surface area contributed by atoms with Crippen LogP contribution in [0.1, 0.15) is 17.7 Å². The molecule has 1 fully saturated rings. The number of halogens is 2. The van der Waals surface area contributed by atoms with Crippen molar-refractivity contribution in [2.45, 2.75) is 25.4 Å². The SMILES string of the molecule is CN(Cc1ccc(Cl)s1)C(=O)CN1CCCC(N)C1.Cl. The molecular formula is C13H21Cl2N3OS. The molecule has 2 rings (SSSR count). The van der Waals surface area contributed by atoms with Crippen molar-refractivity contribution in [1.29, 1.82) is 0 Å². The Hall–Kier alpha value is -0.330. The number of carbonyl (C=O) groups is 1. The van der Waals surface area contributed by atoms with Crippen LogP contribution in [0.2, 0.25) is 4.34 Å². The largest absolute Gasteiger partial charge is 0.340 e. The molecule has 1 aromatic heterocycles. The lowest BCUT2D eigenvalue weighted by molar-refractivity contribution is -0.131. The van der Waals surface area contributed by atoms with E-state index in [1.54, 1.807) is 4.90 Å². The molecule has 2 heterocycles. The molecule has 0 spiro atoms. The number of nitrogens with two attached hydrogens (primary N) is 1. The van der Waals surface area contributed by atoms with Gasteiger partial charge >= 0.3 is 0 Å². The number of piperidine rings is 1. The van der Waals surface area contributed by atoms with E-state index in [9.17, 15) is 4.79 Å². The summed E-state index contributed by atoms with van der Waals surface area (Å²) in [6.07, 6.45) is 2.15. The van der Waals surface area contributed by atoms with Gasteiger partial charge in [0.05, 0.1) is 17.4 Å². The van der Waals surface area contributed by atoms with Gasteiger partial charge in [-0.1, -0.05) is 11.6 Å². The standard InChI is InChI=1S/C13H20ClN3OS.ClH/c1-16(8-11-4-5-12(14)19-11)13(18)9-17-6-2-3-10(15)7-17;/h4-5,10H,2-3,6-9,15H2,1H3;1H.